The molecule has 1 rings (SSSR count). The van der Waals surface area contributed by atoms with Crippen LogP contribution in [0.4, 0.5) is 0 Å². The molecule has 2 nitrogen and oxygen atoms in total. The van der Waals surface area contributed by atoms with E-state index in [0.29, 0.717) is 5.92 Å². The second-order valence-corrected chi connectivity index (χ2v) is 21.5. The van der Waals surface area contributed by atoms with Crippen molar-refractivity contribution < 1.29 is 9.47 Å². The maximum absolute atomic E-state index is 6.59. The molecule has 5 heteroatoms. The Morgan fingerprint density at radius 3 is 1.86 bits per heavy atom. The molecule has 1 heterocycles. The zero-order chi connectivity index (χ0) is 22.0. The first-order chi connectivity index (χ1) is 12.7. The van der Waals surface area contributed by atoms with Gasteiger partial charge in [-0.3, -0.25) is 0 Å². The summed E-state index contributed by atoms with van der Waals surface area (Å²) in [6.45, 7) is 18.1. The summed E-state index contributed by atoms with van der Waals surface area (Å²) >= 11 is 0. The monoisotopic (exact) mass is 449 g/mol. The van der Waals surface area contributed by atoms with E-state index in [4.69, 9.17) is 15.8 Å². The molecule has 0 N–H and O–H groups in total. The Balaban J connectivity index is 2.82. The standard InChI is InChI=1S/C23H48O2P3/c1-13-27(11,14-2)16-17-28(12,15-3)18-26(10)23(8,9)25-21-19(4)22(6,7)20(5)24-21/h19-21H,10-18H2,1-9H3/q+1/t19-,20+,21-,28?/m1/s1. The Hall–Kier alpha value is 0.690. The molecule has 1 aliphatic rings. The smallest absolute Gasteiger partial charge is 0.221 e. The van der Waals surface area contributed by atoms with Crippen LogP contribution in [0.15, 0.2) is 0 Å². The predicted molar refractivity (Wildman–Crippen MR) is 141 cm³/mol. The normalized spacial score (nSPS) is 28.2. The summed E-state index contributed by atoms with van der Waals surface area (Å²) in [5, 5.41) is -0.251. The van der Waals surface area contributed by atoms with Crippen LogP contribution in [0.5, 0.6) is 0 Å². The molecule has 0 aromatic carbocycles. The second-order valence-electron chi connectivity index (χ2n) is 10.1. The lowest BCUT2D eigenvalue weighted by Crippen LogP contribution is -2.33. The van der Waals surface area contributed by atoms with Crippen LogP contribution in [0.25, 0.3) is 0 Å². The largest absolute Gasteiger partial charge is 0.349 e. The number of ether oxygens (including phenoxy) is 2. The molecule has 5 atom stereocenters. The van der Waals surface area contributed by atoms with Gasteiger partial charge in [0, 0.05) is 19.8 Å². The van der Waals surface area contributed by atoms with Gasteiger partial charge in [0.15, 0.2) is 6.29 Å². The zero-order valence-electron chi connectivity index (χ0n) is 20.3. The molecule has 1 fully saturated rings. The van der Waals surface area contributed by atoms with Gasteiger partial charge in [-0.05, 0) is 43.1 Å². The number of rotatable bonds is 11. The van der Waals surface area contributed by atoms with Crippen molar-refractivity contribution >= 4 is 40.2 Å². The summed E-state index contributed by atoms with van der Waals surface area (Å²) in [5.74, 6) is 1.53. The molecule has 0 bridgehead atoms. The summed E-state index contributed by atoms with van der Waals surface area (Å²) in [4.78, 5) is 0. The van der Waals surface area contributed by atoms with E-state index in [1.165, 1.54) is 30.8 Å². The molecule has 0 spiro atoms. The summed E-state index contributed by atoms with van der Waals surface area (Å²) in [7, 11) is -0.527. The minimum atomic E-state index is -1.24. The van der Waals surface area contributed by atoms with Crippen molar-refractivity contribution in [1.82, 2.24) is 0 Å². The third-order valence-corrected chi connectivity index (χ3v) is 19.8. The van der Waals surface area contributed by atoms with Gasteiger partial charge in [0.1, 0.15) is 13.4 Å². The average molecular weight is 450 g/mol. The maximum atomic E-state index is 6.59. The van der Waals surface area contributed by atoms with Gasteiger partial charge in [-0.2, -0.15) is 0 Å². The van der Waals surface area contributed by atoms with Crippen LogP contribution >= 0.6 is 21.3 Å². The third kappa shape index (κ3) is 6.34. The van der Waals surface area contributed by atoms with Crippen LogP contribution < -0.4 is 0 Å². The van der Waals surface area contributed by atoms with Crippen LogP contribution in [0.3, 0.4) is 0 Å². The van der Waals surface area contributed by atoms with E-state index in [1.807, 2.05) is 0 Å². The highest BCUT2D eigenvalue weighted by molar-refractivity contribution is 7.84. The van der Waals surface area contributed by atoms with E-state index in [1.54, 1.807) is 0 Å². The van der Waals surface area contributed by atoms with Crippen LogP contribution in [-0.2, 0) is 9.47 Å². The molecule has 28 heavy (non-hydrogen) atoms. The van der Waals surface area contributed by atoms with Crippen LogP contribution in [-0.4, -0.2) is 73.3 Å². The van der Waals surface area contributed by atoms with Crippen molar-refractivity contribution in [3.8, 4) is 0 Å². The highest BCUT2D eigenvalue weighted by atomic mass is 31.2. The molecule has 166 valence electrons. The van der Waals surface area contributed by atoms with Crippen molar-refractivity contribution in [3.05, 3.63) is 0 Å². The van der Waals surface area contributed by atoms with Crippen molar-refractivity contribution in [2.75, 3.05) is 36.7 Å². The minimum Gasteiger partial charge on any atom is -0.349 e. The lowest BCUT2D eigenvalue weighted by molar-refractivity contribution is -0.176. The van der Waals surface area contributed by atoms with Crippen molar-refractivity contribution in [2.24, 2.45) is 11.3 Å². The highest BCUT2D eigenvalue weighted by Gasteiger charge is 2.50. The minimum absolute atomic E-state index is 0.135. The molecule has 0 saturated carbocycles. The Labute approximate surface area is 177 Å². The van der Waals surface area contributed by atoms with E-state index in [9.17, 15) is 0 Å². The van der Waals surface area contributed by atoms with Gasteiger partial charge in [-0.1, -0.05) is 54.7 Å². The second kappa shape index (κ2) is 9.88. The van der Waals surface area contributed by atoms with Crippen LogP contribution in [0.2, 0.25) is 0 Å². The van der Waals surface area contributed by atoms with Crippen molar-refractivity contribution in [2.45, 2.75) is 80.0 Å². The number of hydrogen-bond donors (Lipinski definition) is 0. The topological polar surface area (TPSA) is 18.5 Å². The molecule has 0 amide bonds. The first-order valence-corrected chi connectivity index (χ1v) is 17.8. The van der Waals surface area contributed by atoms with Gasteiger partial charge < -0.3 is 9.47 Å². The average Bonchev–Trinajstić information content (AvgIpc) is 2.82. The third-order valence-electron chi connectivity index (χ3n) is 7.67. The molecule has 0 aliphatic carbocycles. The van der Waals surface area contributed by atoms with Crippen molar-refractivity contribution in [1.29, 1.82) is 0 Å². The van der Waals surface area contributed by atoms with Crippen LogP contribution in [0.1, 0.15) is 62.3 Å². The molecule has 1 saturated heterocycles. The van der Waals surface area contributed by atoms with E-state index >= 15 is 0 Å². The van der Waals surface area contributed by atoms with E-state index in [-0.39, 0.29) is 23.2 Å². The lowest BCUT2D eigenvalue weighted by atomic mass is 9.78. The molecule has 1 aliphatic heterocycles. The fourth-order valence-corrected chi connectivity index (χ4v) is 14.2. The Morgan fingerprint density at radius 1 is 1.00 bits per heavy atom. The van der Waals surface area contributed by atoms with Gasteiger partial charge in [0.25, 0.3) is 0 Å². The molecule has 2 unspecified atom stereocenters. The molecular formula is C23H48O2P3+. The summed E-state index contributed by atoms with van der Waals surface area (Å²) < 4.78 is 12.8. The van der Waals surface area contributed by atoms with Crippen molar-refractivity contribution in [3.63, 3.8) is 0 Å². The fraction of sp³-hybridized carbons (Fsp3) is 0.870. The van der Waals surface area contributed by atoms with E-state index < -0.39 is 21.3 Å². The summed E-state index contributed by atoms with van der Waals surface area (Å²) in [6, 6.07) is 0. The first-order valence-electron chi connectivity index (χ1n) is 11.0. The molecular weight excluding hydrogens is 401 g/mol. The SMILES string of the molecule is C=[P+](CP(=C)(CC)CCP(=C)(CC)CC)C(C)(C)O[C@H]1O[C@@H](C)C(C)(C)[C@@H]1C. The van der Waals surface area contributed by atoms with Gasteiger partial charge in [0.2, 0.25) is 5.34 Å². The van der Waals surface area contributed by atoms with Gasteiger partial charge >= 0.3 is 0 Å². The van der Waals surface area contributed by atoms with E-state index in [2.05, 4.69) is 74.9 Å². The molecule has 0 aromatic rings. The van der Waals surface area contributed by atoms with Gasteiger partial charge in [-0.25, -0.2) is 0 Å². The van der Waals surface area contributed by atoms with Gasteiger partial charge in [-0.15, -0.1) is 13.2 Å². The Bertz CT molecular complexity index is 628. The fourth-order valence-electron chi connectivity index (χ4n) is 3.53. The summed E-state index contributed by atoms with van der Waals surface area (Å²) in [5.41, 5.74) is 0.138. The lowest BCUT2D eigenvalue weighted by Gasteiger charge is -2.31. The predicted octanol–water partition coefficient (Wildman–Crippen LogP) is 6.98. The first kappa shape index (κ1) is 26.7. The Kier molecular flexibility index (Phi) is 9.43. The quantitative estimate of drug-likeness (QED) is 0.317. The number of hydrogen-bond acceptors (Lipinski definition) is 2. The van der Waals surface area contributed by atoms with Gasteiger partial charge in [0.05, 0.1) is 12.4 Å². The molecule has 0 radical (unpaired) electrons. The summed E-state index contributed by atoms with van der Waals surface area (Å²) in [6.07, 6.45) is 20.4. The zero-order valence-corrected chi connectivity index (χ0v) is 22.9. The Morgan fingerprint density at radius 2 is 1.46 bits per heavy atom. The molecule has 0 aromatic heterocycles. The van der Waals surface area contributed by atoms with Crippen LogP contribution in [0, 0.1) is 11.3 Å². The maximum Gasteiger partial charge on any atom is 0.221 e. The highest BCUT2D eigenvalue weighted by Crippen LogP contribution is 2.59. The van der Waals surface area contributed by atoms with E-state index in [0.717, 1.165) is 5.90 Å².